The predicted molar refractivity (Wildman–Crippen MR) is 94.1 cm³/mol. The van der Waals surface area contributed by atoms with E-state index in [9.17, 15) is 5.11 Å². The van der Waals surface area contributed by atoms with Crippen LogP contribution in [0, 0.1) is 6.92 Å². The third-order valence-electron chi connectivity index (χ3n) is 4.50. The number of anilines is 1. The number of fused-ring (bicyclic) bond motifs is 1. The molecule has 1 saturated heterocycles. The predicted octanol–water partition coefficient (Wildman–Crippen LogP) is 2.42. The zero-order valence-electron chi connectivity index (χ0n) is 14.1. The monoisotopic (exact) mass is 339 g/mol. The van der Waals surface area contributed by atoms with Crippen LogP contribution in [-0.4, -0.2) is 37.3 Å². The summed E-state index contributed by atoms with van der Waals surface area (Å²) in [4.78, 5) is 13.2. The molecular weight excluding hydrogens is 318 g/mol. The highest BCUT2D eigenvalue weighted by molar-refractivity contribution is 5.82. The van der Waals surface area contributed by atoms with E-state index in [2.05, 4.69) is 45.4 Å². The van der Waals surface area contributed by atoms with Gasteiger partial charge in [-0.15, -0.1) is 0 Å². The van der Waals surface area contributed by atoms with Gasteiger partial charge >= 0.3 is 0 Å². The minimum atomic E-state index is -0.137. The Morgan fingerprint density at radius 3 is 3.00 bits per heavy atom. The summed E-state index contributed by atoms with van der Waals surface area (Å²) in [6, 6.07) is 8.35. The van der Waals surface area contributed by atoms with Crippen molar-refractivity contribution in [1.82, 2.24) is 19.5 Å². The van der Waals surface area contributed by atoms with Crippen LogP contribution in [-0.2, 0) is 11.3 Å². The number of imidazole rings is 1. The number of benzene rings is 1. The summed E-state index contributed by atoms with van der Waals surface area (Å²) in [6.45, 7) is 2.80. The number of nitrogens with zero attached hydrogens (tertiary/aromatic N) is 4. The van der Waals surface area contributed by atoms with Crippen molar-refractivity contribution in [2.45, 2.75) is 38.6 Å². The first-order valence-corrected chi connectivity index (χ1v) is 8.48. The van der Waals surface area contributed by atoms with Crippen molar-refractivity contribution in [3.05, 3.63) is 48.0 Å². The van der Waals surface area contributed by atoms with Gasteiger partial charge in [-0.1, -0.05) is 29.8 Å². The van der Waals surface area contributed by atoms with Gasteiger partial charge in [-0.2, -0.15) is 0 Å². The van der Waals surface area contributed by atoms with Crippen LogP contribution in [0.1, 0.15) is 30.2 Å². The third kappa shape index (κ3) is 3.20. The van der Waals surface area contributed by atoms with E-state index in [1.54, 1.807) is 6.33 Å². The molecule has 4 rings (SSSR count). The number of ether oxygens (including phenoxy) is 1. The average molecular weight is 339 g/mol. The Morgan fingerprint density at radius 2 is 2.20 bits per heavy atom. The van der Waals surface area contributed by atoms with Gasteiger partial charge in [0.2, 0.25) is 0 Å². The minimum absolute atomic E-state index is 0.0431. The Morgan fingerprint density at radius 1 is 1.28 bits per heavy atom. The fourth-order valence-corrected chi connectivity index (χ4v) is 3.23. The van der Waals surface area contributed by atoms with Crippen molar-refractivity contribution < 1.29 is 9.84 Å². The lowest BCUT2D eigenvalue weighted by Crippen LogP contribution is -2.14. The molecular formula is C18H21N5O2. The van der Waals surface area contributed by atoms with Crippen LogP contribution < -0.4 is 5.32 Å². The molecule has 1 aliphatic rings. The molecule has 0 aliphatic carbocycles. The number of aryl methyl sites for hydroxylation is 1. The lowest BCUT2D eigenvalue weighted by molar-refractivity contribution is -0.0207. The molecule has 1 fully saturated rings. The molecule has 3 heterocycles. The molecule has 1 aromatic carbocycles. The highest BCUT2D eigenvalue weighted by Gasteiger charge is 2.27. The molecule has 0 radical (unpaired) electrons. The molecule has 0 spiro atoms. The Kier molecular flexibility index (Phi) is 4.33. The van der Waals surface area contributed by atoms with Crippen molar-refractivity contribution in [3.8, 4) is 0 Å². The van der Waals surface area contributed by atoms with Crippen LogP contribution in [0.2, 0.25) is 0 Å². The number of hydrogen-bond acceptors (Lipinski definition) is 6. The van der Waals surface area contributed by atoms with E-state index < -0.39 is 0 Å². The van der Waals surface area contributed by atoms with Crippen molar-refractivity contribution in [3.63, 3.8) is 0 Å². The van der Waals surface area contributed by atoms with Crippen molar-refractivity contribution in [1.29, 1.82) is 0 Å². The summed E-state index contributed by atoms with van der Waals surface area (Å²) in [5, 5.41) is 12.6. The largest absolute Gasteiger partial charge is 0.394 e. The number of aliphatic hydroxyl groups excluding tert-OH is 1. The molecule has 1 aliphatic heterocycles. The number of hydrogen-bond donors (Lipinski definition) is 2. The average Bonchev–Trinajstić information content (AvgIpc) is 3.26. The summed E-state index contributed by atoms with van der Waals surface area (Å²) in [5.74, 6) is 0.710. The van der Waals surface area contributed by atoms with E-state index in [1.165, 1.54) is 17.5 Å². The number of aromatic nitrogens is 4. The SMILES string of the molecule is Cc1cccc(CNc2ncnc3c2ncn3C2CCC(CO)O2)c1. The van der Waals surface area contributed by atoms with Gasteiger partial charge in [0.05, 0.1) is 19.0 Å². The van der Waals surface area contributed by atoms with Gasteiger partial charge < -0.3 is 15.2 Å². The fourth-order valence-electron chi connectivity index (χ4n) is 3.23. The second-order valence-corrected chi connectivity index (χ2v) is 6.36. The first kappa shape index (κ1) is 16.0. The molecule has 0 amide bonds. The second kappa shape index (κ2) is 6.78. The van der Waals surface area contributed by atoms with Gasteiger partial charge in [-0.25, -0.2) is 15.0 Å². The number of aliphatic hydroxyl groups is 1. The topological polar surface area (TPSA) is 85.1 Å². The van der Waals surface area contributed by atoms with E-state index in [0.717, 1.165) is 24.0 Å². The maximum atomic E-state index is 9.25. The molecule has 0 saturated carbocycles. The Hall–Kier alpha value is -2.51. The van der Waals surface area contributed by atoms with Crippen LogP contribution in [0.3, 0.4) is 0 Å². The molecule has 7 nitrogen and oxygen atoms in total. The second-order valence-electron chi connectivity index (χ2n) is 6.36. The van der Waals surface area contributed by atoms with Gasteiger partial charge in [-0.3, -0.25) is 4.57 Å². The van der Waals surface area contributed by atoms with Crippen LogP contribution in [0.5, 0.6) is 0 Å². The van der Waals surface area contributed by atoms with Gasteiger partial charge in [0, 0.05) is 6.54 Å². The molecule has 2 unspecified atom stereocenters. The quantitative estimate of drug-likeness (QED) is 0.742. The first-order valence-electron chi connectivity index (χ1n) is 8.48. The Labute approximate surface area is 145 Å². The lowest BCUT2D eigenvalue weighted by Gasteiger charge is -2.14. The first-order chi connectivity index (χ1) is 12.2. The maximum absolute atomic E-state index is 9.25. The molecule has 7 heteroatoms. The number of nitrogens with one attached hydrogen (secondary N) is 1. The molecule has 130 valence electrons. The molecule has 0 bridgehead atoms. The van der Waals surface area contributed by atoms with Crippen molar-refractivity contribution >= 4 is 17.0 Å². The van der Waals surface area contributed by atoms with Crippen LogP contribution in [0.4, 0.5) is 5.82 Å². The maximum Gasteiger partial charge on any atom is 0.167 e. The third-order valence-corrected chi connectivity index (χ3v) is 4.50. The molecule has 2 N–H and O–H groups in total. The van der Waals surface area contributed by atoms with E-state index in [-0.39, 0.29) is 18.9 Å². The van der Waals surface area contributed by atoms with Crippen molar-refractivity contribution in [2.24, 2.45) is 0 Å². The van der Waals surface area contributed by atoms with Gasteiger partial charge in [-0.05, 0) is 25.3 Å². The van der Waals surface area contributed by atoms with Crippen LogP contribution >= 0.6 is 0 Å². The van der Waals surface area contributed by atoms with Gasteiger partial charge in [0.25, 0.3) is 0 Å². The smallest absolute Gasteiger partial charge is 0.167 e. The fraction of sp³-hybridized carbons (Fsp3) is 0.389. The zero-order chi connectivity index (χ0) is 17.2. The van der Waals surface area contributed by atoms with E-state index >= 15 is 0 Å². The molecule has 2 aromatic heterocycles. The molecule has 25 heavy (non-hydrogen) atoms. The molecule has 2 atom stereocenters. The minimum Gasteiger partial charge on any atom is -0.394 e. The van der Waals surface area contributed by atoms with E-state index in [0.29, 0.717) is 12.4 Å². The number of rotatable bonds is 5. The van der Waals surface area contributed by atoms with E-state index in [1.807, 2.05) is 10.6 Å². The Bertz CT molecular complexity index is 879. The van der Waals surface area contributed by atoms with E-state index in [4.69, 9.17) is 4.74 Å². The Balaban J connectivity index is 1.57. The van der Waals surface area contributed by atoms with Gasteiger partial charge in [0.15, 0.2) is 17.0 Å². The molecule has 3 aromatic rings. The van der Waals surface area contributed by atoms with Crippen LogP contribution in [0.25, 0.3) is 11.2 Å². The van der Waals surface area contributed by atoms with Crippen molar-refractivity contribution in [2.75, 3.05) is 11.9 Å². The normalized spacial score (nSPS) is 20.2. The summed E-state index contributed by atoms with van der Waals surface area (Å²) >= 11 is 0. The summed E-state index contributed by atoms with van der Waals surface area (Å²) in [7, 11) is 0. The summed E-state index contributed by atoms with van der Waals surface area (Å²) in [6.07, 6.45) is 4.71. The summed E-state index contributed by atoms with van der Waals surface area (Å²) in [5.41, 5.74) is 3.89. The highest BCUT2D eigenvalue weighted by Crippen LogP contribution is 2.31. The highest BCUT2D eigenvalue weighted by atomic mass is 16.5. The summed E-state index contributed by atoms with van der Waals surface area (Å²) < 4.78 is 7.76. The standard InChI is InChI=1S/C18H21N5O2/c1-12-3-2-4-13(7-12)8-19-17-16-18(21-10-20-17)23(11-22-16)15-6-5-14(9-24)25-15/h2-4,7,10-11,14-15,24H,5-6,8-9H2,1H3,(H,19,20,21). The van der Waals surface area contributed by atoms with Crippen LogP contribution in [0.15, 0.2) is 36.9 Å². The lowest BCUT2D eigenvalue weighted by atomic mass is 10.1. The van der Waals surface area contributed by atoms with Gasteiger partial charge in [0.1, 0.15) is 12.6 Å². The zero-order valence-corrected chi connectivity index (χ0v) is 14.1.